The number of para-hydroxylation sites is 1. The standard InChI is InChI=1S/C28H26N4O/c33-28(15-14-24-18-29-27-9-4-3-8-26(24)27)30-19-23-6-1-2-7-25(23)22-12-10-21(11-13-22)20-32-17-5-16-31-32/h1-13,16-18,29H,14-15,19-20H2,(H,30,33). The van der Waals surface area contributed by atoms with E-state index in [1.165, 1.54) is 16.5 Å². The molecule has 0 aliphatic heterocycles. The van der Waals surface area contributed by atoms with E-state index in [9.17, 15) is 4.79 Å². The molecule has 5 heteroatoms. The van der Waals surface area contributed by atoms with E-state index in [4.69, 9.17) is 0 Å². The molecule has 3 aromatic carbocycles. The molecule has 0 spiro atoms. The Kier molecular flexibility index (Phi) is 6.02. The van der Waals surface area contributed by atoms with Gasteiger partial charge in [-0.3, -0.25) is 9.48 Å². The minimum atomic E-state index is 0.0599. The summed E-state index contributed by atoms with van der Waals surface area (Å²) in [5.74, 6) is 0.0599. The highest BCUT2D eigenvalue weighted by atomic mass is 16.1. The molecule has 0 atom stereocenters. The fourth-order valence-electron chi connectivity index (χ4n) is 4.20. The maximum absolute atomic E-state index is 12.6. The number of rotatable bonds is 8. The molecule has 0 aliphatic rings. The maximum atomic E-state index is 12.6. The third-order valence-electron chi connectivity index (χ3n) is 5.96. The summed E-state index contributed by atoms with van der Waals surface area (Å²) >= 11 is 0. The number of aryl methyl sites for hydroxylation is 1. The highest BCUT2D eigenvalue weighted by Crippen LogP contribution is 2.24. The predicted octanol–water partition coefficient (Wildman–Crippen LogP) is 5.33. The number of hydrogen-bond acceptors (Lipinski definition) is 2. The first-order valence-corrected chi connectivity index (χ1v) is 11.2. The lowest BCUT2D eigenvalue weighted by atomic mass is 9.98. The number of H-pyrrole nitrogens is 1. The molecule has 2 N–H and O–H groups in total. The molecule has 33 heavy (non-hydrogen) atoms. The van der Waals surface area contributed by atoms with Crippen molar-refractivity contribution in [3.63, 3.8) is 0 Å². The molecule has 0 unspecified atom stereocenters. The Morgan fingerprint density at radius 2 is 1.73 bits per heavy atom. The smallest absolute Gasteiger partial charge is 0.220 e. The van der Waals surface area contributed by atoms with E-state index in [0.29, 0.717) is 13.0 Å². The van der Waals surface area contributed by atoms with Crippen LogP contribution in [0.25, 0.3) is 22.0 Å². The van der Waals surface area contributed by atoms with Crippen LogP contribution in [0.2, 0.25) is 0 Å². The van der Waals surface area contributed by atoms with Gasteiger partial charge in [0, 0.05) is 42.5 Å². The predicted molar refractivity (Wildman–Crippen MR) is 132 cm³/mol. The van der Waals surface area contributed by atoms with Crippen molar-refractivity contribution in [3.05, 3.63) is 114 Å². The van der Waals surface area contributed by atoms with Crippen molar-refractivity contribution in [2.24, 2.45) is 0 Å². The number of aromatic amines is 1. The molecule has 1 amide bonds. The normalized spacial score (nSPS) is 11.0. The van der Waals surface area contributed by atoms with Gasteiger partial charge in [-0.05, 0) is 46.4 Å². The molecule has 0 aliphatic carbocycles. The number of amides is 1. The zero-order valence-electron chi connectivity index (χ0n) is 18.4. The Morgan fingerprint density at radius 3 is 2.58 bits per heavy atom. The first-order chi connectivity index (χ1) is 16.3. The van der Waals surface area contributed by atoms with Gasteiger partial charge in [-0.15, -0.1) is 0 Å². The van der Waals surface area contributed by atoms with E-state index >= 15 is 0 Å². The average Bonchev–Trinajstić information content (AvgIpc) is 3.52. The van der Waals surface area contributed by atoms with Crippen LogP contribution >= 0.6 is 0 Å². The molecule has 5 nitrogen and oxygen atoms in total. The van der Waals surface area contributed by atoms with Crippen LogP contribution in [-0.2, 0) is 24.3 Å². The summed E-state index contributed by atoms with van der Waals surface area (Å²) in [5, 5.41) is 8.55. The second-order valence-electron chi connectivity index (χ2n) is 8.19. The summed E-state index contributed by atoms with van der Waals surface area (Å²) in [6.07, 6.45) is 6.94. The van der Waals surface area contributed by atoms with Gasteiger partial charge in [-0.25, -0.2) is 0 Å². The number of nitrogens with zero attached hydrogens (tertiary/aromatic N) is 2. The van der Waals surface area contributed by atoms with Crippen LogP contribution < -0.4 is 5.32 Å². The Morgan fingerprint density at radius 1 is 0.909 bits per heavy atom. The summed E-state index contributed by atoms with van der Waals surface area (Å²) in [5.41, 5.74) is 6.88. The van der Waals surface area contributed by atoms with E-state index < -0.39 is 0 Å². The molecular formula is C28H26N4O. The van der Waals surface area contributed by atoms with Crippen LogP contribution in [0.4, 0.5) is 0 Å². The summed E-state index contributed by atoms with van der Waals surface area (Å²) in [6.45, 7) is 1.26. The molecule has 0 saturated heterocycles. The molecule has 0 saturated carbocycles. The largest absolute Gasteiger partial charge is 0.361 e. The van der Waals surface area contributed by atoms with Gasteiger partial charge in [0.05, 0.1) is 6.54 Å². The fourth-order valence-corrected chi connectivity index (χ4v) is 4.20. The zero-order chi connectivity index (χ0) is 22.5. The molecule has 5 aromatic rings. The van der Waals surface area contributed by atoms with Crippen molar-refractivity contribution in [2.75, 3.05) is 0 Å². The zero-order valence-corrected chi connectivity index (χ0v) is 18.4. The summed E-state index contributed by atoms with van der Waals surface area (Å²) in [7, 11) is 0. The van der Waals surface area contributed by atoms with E-state index in [-0.39, 0.29) is 5.91 Å². The molecule has 0 fully saturated rings. The third kappa shape index (κ3) is 4.88. The van der Waals surface area contributed by atoms with Gasteiger partial charge in [-0.1, -0.05) is 66.7 Å². The summed E-state index contributed by atoms with van der Waals surface area (Å²) in [4.78, 5) is 15.8. The van der Waals surface area contributed by atoms with Gasteiger partial charge < -0.3 is 10.3 Å². The molecule has 5 rings (SSSR count). The molecule has 0 radical (unpaired) electrons. The maximum Gasteiger partial charge on any atom is 0.220 e. The lowest BCUT2D eigenvalue weighted by Gasteiger charge is -2.12. The Labute approximate surface area is 193 Å². The van der Waals surface area contributed by atoms with Crippen molar-refractivity contribution in [1.29, 1.82) is 0 Å². The third-order valence-corrected chi connectivity index (χ3v) is 5.96. The van der Waals surface area contributed by atoms with Gasteiger partial charge in [0.15, 0.2) is 0 Å². The van der Waals surface area contributed by atoms with Crippen molar-refractivity contribution in [3.8, 4) is 11.1 Å². The number of benzene rings is 3. The van der Waals surface area contributed by atoms with Gasteiger partial charge in [-0.2, -0.15) is 5.10 Å². The second-order valence-corrected chi connectivity index (χ2v) is 8.19. The van der Waals surface area contributed by atoms with Gasteiger partial charge >= 0.3 is 0 Å². The van der Waals surface area contributed by atoms with Crippen LogP contribution in [0, 0.1) is 0 Å². The van der Waals surface area contributed by atoms with E-state index in [1.54, 1.807) is 6.20 Å². The highest BCUT2D eigenvalue weighted by molar-refractivity contribution is 5.84. The van der Waals surface area contributed by atoms with E-state index in [2.05, 4.69) is 63.9 Å². The quantitative estimate of drug-likeness (QED) is 0.347. The molecule has 2 aromatic heterocycles. The SMILES string of the molecule is O=C(CCc1c[nH]c2ccccc12)NCc1ccccc1-c1ccc(Cn2cccn2)cc1. The van der Waals surface area contributed by atoms with Crippen LogP contribution in [0.5, 0.6) is 0 Å². The number of aromatic nitrogens is 3. The Hall–Kier alpha value is -4.12. The molecule has 2 heterocycles. The number of fused-ring (bicyclic) bond motifs is 1. The minimum Gasteiger partial charge on any atom is -0.361 e. The number of hydrogen-bond donors (Lipinski definition) is 2. The first-order valence-electron chi connectivity index (χ1n) is 11.2. The van der Waals surface area contributed by atoms with Crippen molar-refractivity contribution < 1.29 is 4.79 Å². The number of carbonyl (C=O) groups excluding carboxylic acids is 1. The van der Waals surface area contributed by atoms with Crippen LogP contribution in [0.1, 0.15) is 23.1 Å². The molecule has 164 valence electrons. The topological polar surface area (TPSA) is 62.7 Å². The van der Waals surface area contributed by atoms with Crippen molar-refractivity contribution in [1.82, 2.24) is 20.1 Å². The van der Waals surface area contributed by atoms with Crippen molar-refractivity contribution >= 4 is 16.8 Å². The first kappa shape index (κ1) is 20.8. The number of carbonyl (C=O) groups is 1. The molecule has 0 bridgehead atoms. The Bertz CT molecular complexity index is 1350. The minimum absolute atomic E-state index is 0.0599. The summed E-state index contributed by atoms with van der Waals surface area (Å²) < 4.78 is 1.91. The summed E-state index contributed by atoms with van der Waals surface area (Å²) in [6, 6.07) is 26.9. The Balaban J connectivity index is 1.21. The fraction of sp³-hybridized carbons (Fsp3) is 0.143. The lowest BCUT2D eigenvalue weighted by Crippen LogP contribution is -2.23. The van der Waals surface area contributed by atoms with Gasteiger partial charge in [0.2, 0.25) is 5.91 Å². The van der Waals surface area contributed by atoms with Crippen LogP contribution in [0.15, 0.2) is 97.5 Å². The second kappa shape index (κ2) is 9.57. The molecular weight excluding hydrogens is 408 g/mol. The van der Waals surface area contributed by atoms with Gasteiger partial charge in [0.25, 0.3) is 0 Å². The average molecular weight is 435 g/mol. The van der Waals surface area contributed by atoms with E-state index in [1.807, 2.05) is 47.4 Å². The number of nitrogens with one attached hydrogen (secondary N) is 2. The van der Waals surface area contributed by atoms with Crippen molar-refractivity contribution in [2.45, 2.75) is 25.9 Å². The van der Waals surface area contributed by atoms with Crippen LogP contribution in [0.3, 0.4) is 0 Å². The van der Waals surface area contributed by atoms with Crippen LogP contribution in [-0.4, -0.2) is 20.7 Å². The van der Waals surface area contributed by atoms with E-state index in [0.717, 1.165) is 35.2 Å². The van der Waals surface area contributed by atoms with Gasteiger partial charge in [0.1, 0.15) is 0 Å². The lowest BCUT2D eigenvalue weighted by molar-refractivity contribution is -0.121. The monoisotopic (exact) mass is 434 g/mol. The highest BCUT2D eigenvalue weighted by Gasteiger charge is 2.09.